The molecule has 0 radical (unpaired) electrons. The SMILES string of the molecule is NCC(N)c1c[nH]c2cnc(OCc3ccccc3)cc12. The summed E-state index contributed by atoms with van der Waals surface area (Å²) in [5.74, 6) is 0.580. The fraction of sp³-hybridized carbons (Fsp3) is 0.188. The second-order valence-electron chi connectivity index (χ2n) is 4.93. The maximum absolute atomic E-state index is 6.01. The molecule has 1 atom stereocenters. The van der Waals surface area contributed by atoms with Gasteiger partial charge in [0.15, 0.2) is 0 Å². The molecule has 2 heterocycles. The molecular formula is C16H18N4O. The zero-order valence-corrected chi connectivity index (χ0v) is 11.6. The first-order valence-electron chi connectivity index (χ1n) is 6.87. The lowest BCUT2D eigenvalue weighted by Gasteiger charge is -2.08. The summed E-state index contributed by atoms with van der Waals surface area (Å²) >= 11 is 0. The number of H-pyrrole nitrogens is 1. The molecule has 5 N–H and O–H groups in total. The van der Waals surface area contributed by atoms with Crippen molar-refractivity contribution in [1.29, 1.82) is 0 Å². The molecule has 1 aromatic carbocycles. The number of rotatable bonds is 5. The van der Waals surface area contributed by atoms with Crippen LogP contribution in [0, 0.1) is 0 Å². The van der Waals surface area contributed by atoms with Gasteiger partial charge in [-0.1, -0.05) is 30.3 Å². The average molecular weight is 282 g/mol. The van der Waals surface area contributed by atoms with Crippen molar-refractivity contribution < 1.29 is 4.74 Å². The van der Waals surface area contributed by atoms with E-state index in [-0.39, 0.29) is 6.04 Å². The number of aromatic nitrogens is 2. The van der Waals surface area contributed by atoms with E-state index in [0.29, 0.717) is 19.0 Å². The third kappa shape index (κ3) is 2.89. The lowest BCUT2D eigenvalue weighted by molar-refractivity contribution is 0.294. The summed E-state index contributed by atoms with van der Waals surface area (Å²) in [6.45, 7) is 0.886. The van der Waals surface area contributed by atoms with Gasteiger partial charge >= 0.3 is 0 Å². The van der Waals surface area contributed by atoms with E-state index >= 15 is 0 Å². The average Bonchev–Trinajstić information content (AvgIpc) is 2.96. The van der Waals surface area contributed by atoms with E-state index in [9.17, 15) is 0 Å². The van der Waals surface area contributed by atoms with E-state index in [0.717, 1.165) is 22.0 Å². The zero-order chi connectivity index (χ0) is 14.7. The van der Waals surface area contributed by atoms with Crippen molar-refractivity contribution in [3.63, 3.8) is 0 Å². The van der Waals surface area contributed by atoms with Crippen LogP contribution in [0.25, 0.3) is 10.9 Å². The molecule has 0 bridgehead atoms. The molecule has 0 fully saturated rings. The van der Waals surface area contributed by atoms with Crippen LogP contribution in [0.5, 0.6) is 5.88 Å². The molecule has 0 aliphatic rings. The minimum Gasteiger partial charge on any atom is -0.473 e. The molecule has 1 unspecified atom stereocenters. The van der Waals surface area contributed by atoms with Crippen molar-refractivity contribution in [2.75, 3.05) is 6.54 Å². The number of fused-ring (bicyclic) bond motifs is 1. The van der Waals surface area contributed by atoms with Gasteiger partial charge in [-0.05, 0) is 11.1 Å². The van der Waals surface area contributed by atoms with Crippen molar-refractivity contribution in [3.8, 4) is 5.88 Å². The minimum absolute atomic E-state index is 0.192. The first-order valence-corrected chi connectivity index (χ1v) is 6.87. The van der Waals surface area contributed by atoms with E-state index in [1.165, 1.54) is 0 Å². The van der Waals surface area contributed by atoms with Crippen LogP contribution in [0.1, 0.15) is 17.2 Å². The van der Waals surface area contributed by atoms with Gasteiger partial charge in [0.1, 0.15) is 6.61 Å². The fourth-order valence-corrected chi connectivity index (χ4v) is 2.27. The zero-order valence-electron chi connectivity index (χ0n) is 11.6. The Bertz CT molecular complexity index is 723. The summed E-state index contributed by atoms with van der Waals surface area (Å²) in [5.41, 5.74) is 14.7. The Hall–Kier alpha value is -2.37. The largest absolute Gasteiger partial charge is 0.473 e. The third-order valence-corrected chi connectivity index (χ3v) is 3.46. The lowest BCUT2D eigenvalue weighted by Crippen LogP contribution is -2.20. The van der Waals surface area contributed by atoms with Gasteiger partial charge in [0.05, 0.1) is 11.7 Å². The number of aromatic amines is 1. The Morgan fingerprint density at radius 1 is 1.24 bits per heavy atom. The second-order valence-corrected chi connectivity index (χ2v) is 4.93. The molecular weight excluding hydrogens is 264 g/mol. The van der Waals surface area contributed by atoms with Crippen LogP contribution in [0.3, 0.4) is 0 Å². The van der Waals surface area contributed by atoms with E-state index in [1.807, 2.05) is 42.6 Å². The molecule has 0 aliphatic carbocycles. The maximum Gasteiger partial charge on any atom is 0.214 e. The quantitative estimate of drug-likeness (QED) is 0.668. The summed E-state index contributed by atoms with van der Waals surface area (Å²) in [4.78, 5) is 7.45. The monoisotopic (exact) mass is 282 g/mol. The lowest BCUT2D eigenvalue weighted by atomic mass is 10.1. The fourth-order valence-electron chi connectivity index (χ4n) is 2.27. The highest BCUT2D eigenvalue weighted by Crippen LogP contribution is 2.25. The van der Waals surface area contributed by atoms with E-state index < -0.39 is 0 Å². The Labute approximate surface area is 122 Å². The number of nitrogens with zero attached hydrogens (tertiary/aromatic N) is 1. The van der Waals surface area contributed by atoms with Crippen LogP contribution in [-0.4, -0.2) is 16.5 Å². The number of benzene rings is 1. The second kappa shape index (κ2) is 5.95. The number of hydrogen-bond acceptors (Lipinski definition) is 4. The topological polar surface area (TPSA) is 90.0 Å². The van der Waals surface area contributed by atoms with Crippen molar-refractivity contribution in [1.82, 2.24) is 9.97 Å². The van der Waals surface area contributed by atoms with Crippen molar-refractivity contribution in [3.05, 3.63) is 59.9 Å². The van der Waals surface area contributed by atoms with Crippen LogP contribution in [0.2, 0.25) is 0 Å². The standard InChI is InChI=1S/C16H18N4O/c17-7-14(18)13-8-19-15-9-20-16(6-12(13)15)21-10-11-4-2-1-3-5-11/h1-6,8-9,14,19H,7,10,17-18H2. The number of nitrogens with two attached hydrogens (primary N) is 2. The van der Waals surface area contributed by atoms with Gasteiger partial charge in [-0.15, -0.1) is 0 Å². The van der Waals surface area contributed by atoms with Gasteiger partial charge in [-0.3, -0.25) is 0 Å². The highest BCUT2D eigenvalue weighted by molar-refractivity contribution is 5.83. The van der Waals surface area contributed by atoms with Crippen LogP contribution < -0.4 is 16.2 Å². The molecule has 0 saturated heterocycles. The molecule has 0 spiro atoms. The van der Waals surface area contributed by atoms with Crippen molar-refractivity contribution >= 4 is 10.9 Å². The maximum atomic E-state index is 6.01. The molecule has 3 rings (SSSR count). The van der Waals surface area contributed by atoms with Crippen LogP contribution in [0.15, 0.2) is 48.8 Å². The smallest absolute Gasteiger partial charge is 0.214 e. The number of ether oxygens (including phenoxy) is 1. The molecule has 0 saturated carbocycles. The van der Waals surface area contributed by atoms with Gasteiger partial charge in [0, 0.05) is 30.2 Å². The highest BCUT2D eigenvalue weighted by atomic mass is 16.5. The summed E-state index contributed by atoms with van der Waals surface area (Å²) in [7, 11) is 0. The summed E-state index contributed by atoms with van der Waals surface area (Å²) in [5, 5.41) is 1.01. The Balaban J connectivity index is 1.83. The third-order valence-electron chi connectivity index (χ3n) is 3.46. The first kappa shape index (κ1) is 13.6. The molecule has 5 nitrogen and oxygen atoms in total. The number of pyridine rings is 1. The van der Waals surface area contributed by atoms with Crippen molar-refractivity contribution in [2.24, 2.45) is 11.5 Å². The summed E-state index contributed by atoms with van der Waals surface area (Å²) in [6, 6.07) is 11.7. The summed E-state index contributed by atoms with van der Waals surface area (Å²) < 4.78 is 5.74. The highest BCUT2D eigenvalue weighted by Gasteiger charge is 2.11. The van der Waals surface area contributed by atoms with E-state index in [1.54, 1.807) is 6.20 Å². The molecule has 5 heteroatoms. The van der Waals surface area contributed by atoms with E-state index in [2.05, 4.69) is 9.97 Å². The molecule has 2 aromatic heterocycles. The van der Waals surface area contributed by atoms with Crippen LogP contribution >= 0.6 is 0 Å². The molecule has 21 heavy (non-hydrogen) atoms. The van der Waals surface area contributed by atoms with Crippen molar-refractivity contribution in [2.45, 2.75) is 12.6 Å². The Morgan fingerprint density at radius 2 is 2.05 bits per heavy atom. The minimum atomic E-state index is -0.192. The van der Waals surface area contributed by atoms with Gasteiger partial charge in [-0.25, -0.2) is 4.98 Å². The van der Waals surface area contributed by atoms with E-state index in [4.69, 9.17) is 16.2 Å². The first-order chi connectivity index (χ1) is 10.3. The van der Waals surface area contributed by atoms with Crippen LogP contribution in [0.4, 0.5) is 0 Å². The number of nitrogens with one attached hydrogen (secondary N) is 1. The molecule has 0 amide bonds. The van der Waals surface area contributed by atoms with Gasteiger partial charge in [0.25, 0.3) is 0 Å². The molecule has 3 aromatic rings. The summed E-state index contributed by atoms with van der Waals surface area (Å²) in [6.07, 6.45) is 3.63. The normalized spacial score (nSPS) is 12.5. The molecule has 108 valence electrons. The Kier molecular flexibility index (Phi) is 3.85. The predicted molar refractivity (Wildman–Crippen MR) is 82.9 cm³/mol. The van der Waals surface area contributed by atoms with Gasteiger partial charge < -0.3 is 21.2 Å². The predicted octanol–water partition coefficient (Wildman–Crippen LogP) is 2.10. The number of hydrogen-bond donors (Lipinski definition) is 3. The van der Waals surface area contributed by atoms with Gasteiger partial charge in [-0.2, -0.15) is 0 Å². The van der Waals surface area contributed by atoms with Gasteiger partial charge in [0.2, 0.25) is 5.88 Å². The van der Waals surface area contributed by atoms with Crippen LogP contribution in [-0.2, 0) is 6.61 Å². The Morgan fingerprint density at radius 3 is 2.81 bits per heavy atom. The molecule has 0 aliphatic heterocycles.